The molecule has 1 aromatic rings. The molecule has 1 aliphatic heterocycles. The average molecular weight is 327 g/mol. The van der Waals surface area contributed by atoms with E-state index < -0.39 is 29.2 Å². The minimum absolute atomic E-state index is 0. The zero-order valence-electron chi connectivity index (χ0n) is 11.0. The first kappa shape index (κ1) is 17.7. The first-order valence-electron chi connectivity index (χ1n) is 6.26. The van der Waals surface area contributed by atoms with Crippen molar-refractivity contribution in [2.45, 2.75) is 31.5 Å². The number of rotatable bonds is 3. The Hall–Kier alpha value is -1.34. The Balaban J connectivity index is 0.00000220. The molecule has 1 heterocycles. The smallest absolute Gasteiger partial charge is 0.324 e. The van der Waals surface area contributed by atoms with E-state index in [4.69, 9.17) is 0 Å². The summed E-state index contributed by atoms with van der Waals surface area (Å²) in [4.78, 5) is 11.7. The lowest BCUT2D eigenvalue weighted by Crippen LogP contribution is -2.27. The van der Waals surface area contributed by atoms with E-state index in [0.29, 0.717) is 18.2 Å². The first-order valence-corrected chi connectivity index (χ1v) is 6.26. The molecule has 118 valence electrons. The molecule has 1 saturated heterocycles. The monoisotopic (exact) mass is 326 g/mol. The van der Waals surface area contributed by atoms with Crippen LogP contribution in [0.3, 0.4) is 0 Å². The van der Waals surface area contributed by atoms with Crippen LogP contribution < -0.4 is 10.6 Å². The highest BCUT2D eigenvalue weighted by molar-refractivity contribution is 5.91. The SMILES string of the molecule is Cl.O=C(CC1CCCN1)Nc1cc(C(F)(F)F)ccc1F. The van der Waals surface area contributed by atoms with Gasteiger partial charge in [0, 0.05) is 12.5 Å². The zero-order valence-corrected chi connectivity index (χ0v) is 11.8. The predicted molar refractivity (Wildman–Crippen MR) is 72.9 cm³/mol. The summed E-state index contributed by atoms with van der Waals surface area (Å²) in [6, 6.07) is 1.95. The maximum Gasteiger partial charge on any atom is 0.416 e. The second-order valence-electron chi connectivity index (χ2n) is 4.74. The van der Waals surface area contributed by atoms with Crippen LogP contribution in [0.2, 0.25) is 0 Å². The van der Waals surface area contributed by atoms with E-state index in [9.17, 15) is 22.4 Å². The number of anilines is 1. The van der Waals surface area contributed by atoms with E-state index in [2.05, 4.69) is 10.6 Å². The molecule has 0 radical (unpaired) electrons. The van der Waals surface area contributed by atoms with E-state index in [0.717, 1.165) is 19.4 Å². The molecule has 1 aromatic carbocycles. The summed E-state index contributed by atoms with van der Waals surface area (Å²) in [5.74, 6) is -1.38. The van der Waals surface area contributed by atoms with Crippen LogP contribution in [-0.2, 0) is 11.0 Å². The van der Waals surface area contributed by atoms with Crippen molar-refractivity contribution >= 4 is 24.0 Å². The number of hydrogen-bond acceptors (Lipinski definition) is 2. The number of hydrogen-bond donors (Lipinski definition) is 2. The fraction of sp³-hybridized carbons (Fsp3) is 0.462. The molecule has 1 amide bonds. The second kappa shape index (κ2) is 7.09. The van der Waals surface area contributed by atoms with Crippen LogP contribution >= 0.6 is 12.4 Å². The number of benzene rings is 1. The fourth-order valence-corrected chi connectivity index (χ4v) is 2.15. The number of carbonyl (C=O) groups is 1. The van der Waals surface area contributed by atoms with Crippen molar-refractivity contribution in [3.63, 3.8) is 0 Å². The van der Waals surface area contributed by atoms with Gasteiger partial charge in [0.15, 0.2) is 0 Å². The zero-order chi connectivity index (χ0) is 14.8. The maximum absolute atomic E-state index is 13.4. The van der Waals surface area contributed by atoms with Crippen LogP contribution in [0.5, 0.6) is 0 Å². The van der Waals surface area contributed by atoms with Gasteiger partial charge in [-0.3, -0.25) is 4.79 Å². The van der Waals surface area contributed by atoms with Gasteiger partial charge in [-0.15, -0.1) is 12.4 Å². The molecule has 1 aliphatic rings. The predicted octanol–water partition coefficient (Wildman–Crippen LogP) is 3.35. The fourth-order valence-electron chi connectivity index (χ4n) is 2.15. The Labute approximate surface area is 125 Å². The number of nitrogens with one attached hydrogen (secondary N) is 2. The minimum atomic E-state index is -4.57. The Morgan fingerprint density at radius 3 is 2.67 bits per heavy atom. The van der Waals surface area contributed by atoms with Crippen molar-refractivity contribution in [3.05, 3.63) is 29.6 Å². The van der Waals surface area contributed by atoms with E-state index >= 15 is 0 Å². The number of alkyl halides is 3. The highest BCUT2D eigenvalue weighted by Crippen LogP contribution is 2.31. The topological polar surface area (TPSA) is 41.1 Å². The summed E-state index contributed by atoms with van der Waals surface area (Å²) in [6.45, 7) is 0.815. The molecule has 8 heteroatoms. The second-order valence-corrected chi connectivity index (χ2v) is 4.74. The van der Waals surface area contributed by atoms with Crippen LogP contribution in [0.1, 0.15) is 24.8 Å². The van der Waals surface area contributed by atoms with Gasteiger partial charge < -0.3 is 10.6 Å². The van der Waals surface area contributed by atoms with E-state index in [1.807, 2.05) is 0 Å². The van der Waals surface area contributed by atoms with Crippen molar-refractivity contribution in [2.24, 2.45) is 0 Å². The van der Waals surface area contributed by atoms with Gasteiger partial charge in [0.1, 0.15) is 5.82 Å². The van der Waals surface area contributed by atoms with Gasteiger partial charge in [-0.05, 0) is 37.6 Å². The Morgan fingerprint density at radius 1 is 1.38 bits per heavy atom. The highest BCUT2D eigenvalue weighted by Gasteiger charge is 2.31. The molecule has 0 aromatic heterocycles. The van der Waals surface area contributed by atoms with Crippen LogP contribution in [0.4, 0.5) is 23.2 Å². The molecule has 2 N–H and O–H groups in total. The molecule has 1 unspecified atom stereocenters. The molecule has 0 aliphatic carbocycles. The van der Waals surface area contributed by atoms with E-state index in [1.165, 1.54) is 0 Å². The van der Waals surface area contributed by atoms with Crippen molar-refractivity contribution in [2.75, 3.05) is 11.9 Å². The summed E-state index contributed by atoms with van der Waals surface area (Å²) in [5, 5.41) is 5.28. The highest BCUT2D eigenvalue weighted by atomic mass is 35.5. The van der Waals surface area contributed by atoms with Crippen LogP contribution in [0.15, 0.2) is 18.2 Å². The summed E-state index contributed by atoms with van der Waals surface area (Å²) in [5.41, 5.74) is -1.43. The maximum atomic E-state index is 13.4. The van der Waals surface area contributed by atoms with Crippen LogP contribution in [0, 0.1) is 5.82 Å². The lowest BCUT2D eigenvalue weighted by atomic mass is 10.1. The largest absolute Gasteiger partial charge is 0.416 e. The average Bonchev–Trinajstić information content (AvgIpc) is 2.83. The molecular formula is C13H15ClF4N2O. The molecule has 1 atom stereocenters. The normalized spacial score (nSPS) is 18.2. The lowest BCUT2D eigenvalue weighted by molar-refractivity contribution is -0.137. The molecule has 1 fully saturated rings. The van der Waals surface area contributed by atoms with Crippen LogP contribution in [-0.4, -0.2) is 18.5 Å². The quantitative estimate of drug-likeness (QED) is 0.836. The first-order chi connectivity index (χ1) is 9.36. The summed E-state index contributed by atoms with van der Waals surface area (Å²) in [6.07, 6.45) is -2.66. The van der Waals surface area contributed by atoms with Gasteiger partial charge in [0.05, 0.1) is 11.3 Å². The van der Waals surface area contributed by atoms with Gasteiger partial charge in [-0.25, -0.2) is 4.39 Å². The van der Waals surface area contributed by atoms with Crippen molar-refractivity contribution in [1.29, 1.82) is 0 Å². The van der Waals surface area contributed by atoms with Gasteiger partial charge >= 0.3 is 6.18 Å². The van der Waals surface area contributed by atoms with Crippen LogP contribution in [0.25, 0.3) is 0 Å². The van der Waals surface area contributed by atoms with Crippen molar-refractivity contribution in [3.8, 4) is 0 Å². The molecule has 3 nitrogen and oxygen atoms in total. The number of halogens is 5. The Kier molecular flexibility index (Phi) is 5.98. The third kappa shape index (κ3) is 4.86. The van der Waals surface area contributed by atoms with E-state index in [-0.39, 0.29) is 24.9 Å². The third-order valence-corrected chi connectivity index (χ3v) is 3.16. The molecule has 2 rings (SSSR count). The lowest BCUT2D eigenvalue weighted by Gasteiger charge is -2.13. The van der Waals surface area contributed by atoms with Crippen molar-refractivity contribution in [1.82, 2.24) is 5.32 Å². The van der Waals surface area contributed by atoms with E-state index in [1.54, 1.807) is 0 Å². The van der Waals surface area contributed by atoms with Gasteiger partial charge in [-0.2, -0.15) is 13.2 Å². The summed E-state index contributed by atoms with van der Waals surface area (Å²) in [7, 11) is 0. The minimum Gasteiger partial charge on any atom is -0.324 e. The molecule has 21 heavy (non-hydrogen) atoms. The Morgan fingerprint density at radius 2 is 2.10 bits per heavy atom. The standard InChI is InChI=1S/C13H14F4N2O.ClH/c14-10-4-3-8(13(15,16)17)6-11(10)19-12(20)7-9-2-1-5-18-9;/h3-4,6,9,18H,1-2,5,7H2,(H,19,20);1H. The van der Waals surface area contributed by atoms with Gasteiger partial charge in [-0.1, -0.05) is 0 Å². The third-order valence-electron chi connectivity index (χ3n) is 3.16. The number of amides is 1. The van der Waals surface area contributed by atoms with Crippen molar-refractivity contribution < 1.29 is 22.4 Å². The molecule has 0 spiro atoms. The summed E-state index contributed by atoms with van der Waals surface area (Å²) >= 11 is 0. The van der Waals surface area contributed by atoms with Gasteiger partial charge in [0.25, 0.3) is 0 Å². The molecular weight excluding hydrogens is 312 g/mol. The molecule has 0 bridgehead atoms. The Bertz CT molecular complexity index is 501. The van der Waals surface area contributed by atoms with Gasteiger partial charge in [0.2, 0.25) is 5.91 Å². The summed E-state index contributed by atoms with van der Waals surface area (Å²) < 4.78 is 51.0. The number of carbonyl (C=O) groups excluding carboxylic acids is 1. The molecule has 0 saturated carbocycles.